The summed E-state index contributed by atoms with van der Waals surface area (Å²) >= 11 is 0. The minimum Gasteiger partial charge on any atom is -0.811 e. The average Bonchev–Trinajstić information content (AvgIpc) is 1.59. The minimum absolute atomic E-state index is 0. The van der Waals surface area contributed by atoms with E-state index < -0.39 is 13.8 Å². The van der Waals surface area contributed by atoms with Crippen LogP contribution in [0.15, 0.2) is 0 Å². The SMILES string of the molecule is CC(=O)CCCP(=O)([O-])[O-].[Na+].[Na+]. The van der Waals surface area contributed by atoms with E-state index in [0.717, 1.165) is 0 Å². The molecular weight excluding hydrogens is 201 g/mol. The van der Waals surface area contributed by atoms with E-state index in [9.17, 15) is 19.1 Å². The molecular formula is C5H9Na2O4P. The van der Waals surface area contributed by atoms with Gasteiger partial charge in [-0.2, -0.15) is 0 Å². The van der Waals surface area contributed by atoms with Crippen molar-refractivity contribution in [2.24, 2.45) is 0 Å². The zero-order valence-corrected chi connectivity index (χ0v) is 12.6. The molecule has 0 aliphatic rings. The molecule has 0 aromatic carbocycles. The number of hydrogen-bond acceptors (Lipinski definition) is 4. The van der Waals surface area contributed by atoms with Crippen molar-refractivity contribution >= 4 is 13.4 Å². The Bertz CT molecular complexity index is 167. The van der Waals surface area contributed by atoms with Crippen molar-refractivity contribution in [3.63, 3.8) is 0 Å². The second kappa shape index (κ2) is 9.38. The molecule has 0 fully saturated rings. The van der Waals surface area contributed by atoms with Crippen LogP contribution in [0.4, 0.5) is 0 Å². The van der Waals surface area contributed by atoms with Crippen LogP contribution < -0.4 is 68.9 Å². The molecule has 0 rings (SSSR count). The summed E-state index contributed by atoms with van der Waals surface area (Å²) < 4.78 is 9.97. The Labute approximate surface area is 116 Å². The van der Waals surface area contributed by atoms with Crippen molar-refractivity contribution in [2.45, 2.75) is 19.8 Å². The molecule has 0 saturated heterocycles. The van der Waals surface area contributed by atoms with Crippen LogP contribution in [0.2, 0.25) is 0 Å². The molecule has 0 radical (unpaired) electrons. The summed E-state index contributed by atoms with van der Waals surface area (Å²) in [4.78, 5) is 30.2. The van der Waals surface area contributed by atoms with Crippen LogP contribution in [0.1, 0.15) is 19.8 Å². The van der Waals surface area contributed by atoms with E-state index in [2.05, 4.69) is 0 Å². The van der Waals surface area contributed by atoms with Crippen molar-refractivity contribution in [3.8, 4) is 0 Å². The van der Waals surface area contributed by atoms with Crippen LogP contribution in [0.3, 0.4) is 0 Å². The molecule has 12 heavy (non-hydrogen) atoms. The van der Waals surface area contributed by atoms with Crippen LogP contribution in [-0.2, 0) is 9.36 Å². The first kappa shape index (κ1) is 19.4. The van der Waals surface area contributed by atoms with E-state index in [-0.39, 0.29) is 77.7 Å². The number of hydrogen-bond donors (Lipinski definition) is 0. The first-order valence-corrected chi connectivity index (χ1v) is 4.65. The van der Waals surface area contributed by atoms with Gasteiger partial charge in [-0.1, -0.05) is 7.60 Å². The van der Waals surface area contributed by atoms with E-state index >= 15 is 0 Å². The first-order valence-electron chi connectivity index (χ1n) is 2.92. The Kier molecular flexibility index (Phi) is 15.2. The third-order valence-electron chi connectivity index (χ3n) is 0.961. The maximum atomic E-state index is 10.2. The fourth-order valence-corrected chi connectivity index (χ4v) is 1.07. The van der Waals surface area contributed by atoms with Gasteiger partial charge in [-0.05, 0) is 19.5 Å². The Balaban J connectivity index is -0.000000405. The van der Waals surface area contributed by atoms with Gasteiger partial charge < -0.3 is 19.1 Å². The van der Waals surface area contributed by atoms with Gasteiger partial charge in [-0.25, -0.2) is 0 Å². The zero-order chi connectivity index (χ0) is 8.20. The molecule has 0 aromatic rings. The fraction of sp³-hybridized carbons (Fsp3) is 0.800. The van der Waals surface area contributed by atoms with Gasteiger partial charge in [0.1, 0.15) is 5.78 Å². The summed E-state index contributed by atoms with van der Waals surface area (Å²) in [6.07, 6.45) is -0.0827. The van der Waals surface area contributed by atoms with Crippen molar-refractivity contribution < 1.29 is 78.3 Å². The third-order valence-corrected chi connectivity index (χ3v) is 1.82. The van der Waals surface area contributed by atoms with E-state index in [4.69, 9.17) is 0 Å². The molecule has 0 aliphatic heterocycles. The molecule has 0 amide bonds. The quantitative estimate of drug-likeness (QED) is 0.341. The fourth-order valence-electron chi connectivity index (χ4n) is 0.522. The first-order chi connectivity index (χ1) is 4.42. The van der Waals surface area contributed by atoms with E-state index in [0.29, 0.717) is 0 Å². The molecule has 0 unspecified atom stereocenters. The van der Waals surface area contributed by atoms with Crippen LogP contribution in [-0.4, -0.2) is 11.9 Å². The van der Waals surface area contributed by atoms with Gasteiger partial charge in [0.25, 0.3) is 0 Å². The summed E-state index contributed by atoms with van der Waals surface area (Å²) in [6.45, 7) is 1.36. The van der Waals surface area contributed by atoms with E-state index in [1.54, 1.807) is 0 Å². The smallest absolute Gasteiger partial charge is 0.811 e. The minimum atomic E-state index is -4.37. The van der Waals surface area contributed by atoms with Gasteiger partial charge in [-0.15, -0.1) is 0 Å². The Hall–Kier alpha value is 1.82. The Morgan fingerprint density at radius 2 is 1.75 bits per heavy atom. The summed E-state index contributed by atoms with van der Waals surface area (Å²) in [5, 5.41) is 0. The normalized spacial score (nSPS) is 9.58. The Morgan fingerprint density at radius 1 is 1.33 bits per heavy atom. The van der Waals surface area contributed by atoms with Crippen LogP contribution in [0.5, 0.6) is 0 Å². The molecule has 0 aromatic heterocycles. The summed E-state index contributed by atoms with van der Waals surface area (Å²) in [5.41, 5.74) is 0. The molecule has 7 heteroatoms. The van der Waals surface area contributed by atoms with Crippen molar-refractivity contribution in [3.05, 3.63) is 0 Å². The zero-order valence-electron chi connectivity index (χ0n) is 7.70. The second-order valence-corrected chi connectivity index (χ2v) is 3.81. The standard InChI is InChI=1S/C5H11O4P.2Na/c1-5(6)3-2-4-10(7,8)9;;/h2-4H2,1H3,(H2,7,8,9);;/q;2*+1/p-2. The van der Waals surface area contributed by atoms with Gasteiger partial charge in [0.15, 0.2) is 0 Å². The van der Waals surface area contributed by atoms with Crippen molar-refractivity contribution in [1.29, 1.82) is 0 Å². The van der Waals surface area contributed by atoms with E-state index in [1.165, 1.54) is 6.92 Å². The van der Waals surface area contributed by atoms with Crippen LogP contribution in [0.25, 0.3) is 0 Å². The largest absolute Gasteiger partial charge is 1.00 e. The van der Waals surface area contributed by atoms with E-state index in [1.807, 2.05) is 0 Å². The molecule has 0 atom stereocenters. The molecule has 4 nitrogen and oxygen atoms in total. The molecule has 0 bridgehead atoms. The predicted molar refractivity (Wildman–Crippen MR) is 32.4 cm³/mol. The maximum Gasteiger partial charge on any atom is 1.00 e. The number of Topliss-reactive ketones (excluding diaryl/α,β-unsaturated/α-hetero) is 1. The summed E-state index contributed by atoms with van der Waals surface area (Å²) in [6, 6.07) is 0. The monoisotopic (exact) mass is 210 g/mol. The second-order valence-electron chi connectivity index (χ2n) is 2.14. The van der Waals surface area contributed by atoms with Crippen molar-refractivity contribution in [1.82, 2.24) is 0 Å². The van der Waals surface area contributed by atoms with Gasteiger partial charge in [0.05, 0.1) is 0 Å². The number of carbonyl (C=O) groups is 1. The van der Waals surface area contributed by atoms with Crippen molar-refractivity contribution in [2.75, 3.05) is 6.16 Å². The number of rotatable bonds is 4. The van der Waals surface area contributed by atoms with Crippen LogP contribution in [0, 0.1) is 0 Å². The van der Waals surface area contributed by atoms with Gasteiger partial charge in [-0.3, -0.25) is 0 Å². The molecule has 0 heterocycles. The molecule has 0 spiro atoms. The Morgan fingerprint density at radius 3 is 2.00 bits per heavy atom. The number of carbonyl (C=O) groups excluding carboxylic acids is 1. The topological polar surface area (TPSA) is 80.3 Å². The van der Waals surface area contributed by atoms with Gasteiger partial charge in [0, 0.05) is 6.42 Å². The average molecular weight is 210 g/mol. The van der Waals surface area contributed by atoms with Crippen LogP contribution >= 0.6 is 7.60 Å². The summed E-state index contributed by atoms with van der Waals surface area (Å²) in [7, 11) is -4.37. The van der Waals surface area contributed by atoms with Gasteiger partial charge in [0.2, 0.25) is 0 Å². The number of ketones is 1. The molecule has 0 saturated carbocycles. The van der Waals surface area contributed by atoms with Gasteiger partial charge >= 0.3 is 59.1 Å². The molecule has 0 N–H and O–H groups in total. The predicted octanol–water partition coefficient (Wildman–Crippen LogP) is -6.72. The molecule has 60 valence electrons. The maximum absolute atomic E-state index is 10.2. The molecule has 0 aliphatic carbocycles. The third kappa shape index (κ3) is 17.8. The summed E-state index contributed by atoms with van der Waals surface area (Å²) in [5.74, 6) is -0.0894.